The van der Waals surface area contributed by atoms with E-state index in [1.54, 1.807) is 18.1 Å². The average Bonchev–Trinajstić information content (AvgIpc) is 2.54. The van der Waals surface area contributed by atoms with Gasteiger partial charge >= 0.3 is 6.03 Å². The number of carbonyl (C=O) groups is 1. The topological polar surface area (TPSA) is 45.2 Å². The van der Waals surface area contributed by atoms with Crippen molar-refractivity contribution in [1.82, 2.24) is 15.2 Å². The van der Waals surface area contributed by atoms with E-state index in [0.29, 0.717) is 13.1 Å². The van der Waals surface area contributed by atoms with Crippen molar-refractivity contribution in [1.29, 1.82) is 0 Å². The van der Waals surface area contributed by atoms with Crippen LogP contribution in [-0.2, 0) is 12.0 Å². The molecule has 1 aliphatic carbocycles. The van der Waals surface area contributed by atoms with E-state index in [-0.39, 0.29) is 11.4 Å². The van der Waals surface area contributed by atoms with E-state index >= 15 is 0 Å². The Hall–Kier alpha value is -1.88. The quantitative estimate of drug-likeness (QED) is 0.838. The third kappa shape index (κ3) is 3.78. The maximum atomic E-state index is 12.4. The lowest BCUT2D eigenvalue weighted by atomic mass is 9.64. The number of nitrogens with one attached hydrogen (secondary N) is 1. The van der Waals surface area contributed by atoms with Gasteiger partial charge in [0.05, 0.1) is 12.2 Å². The number of pyridine rings is 1. The minimum atomic E-state index is -0.0538. The molecule has 0 saturated heterocycles. The zero-order valence-electron chi connectivity index (χ0n) is 13.8. The Morgan fingerprint density at radius 1 is 1.29 bits per heavy atom. The van der Waals surface area contributed by atoms with Crippen molar-refractivity contribution in [3.05, 3.63) is 64.4 Å². The number of halogens is 1. The smallest absolute Gasteiger partial charge is 0.317 e. The van der Waals surface area contributed by atoms with Crippen molar-refractivity contribution < 1.29 is 4.79 Å². The molecule has 1 fully saturated rings. The van der Waals surface area contributed by atoms with Crippen LogP contribution in [0.1, 0.15) is 30.5 Å². The van der Waals surface area contributed by atoms with Gasteiger partial charge in [-0.25, -0.2) is 4.79 Å². The van der Waals surface area contributed by atoms with Gasteiger partial charge in [-0.05, 0) is 42.7 Å². The summed E-state index contributed by atoms with van der Waals surface area (Å²) >= 11 is 3.55. The fourth-order valence-corrected chi connectivity index (χ4v) is 3.57. The summed E-state index contributed by atoms with van der Waals surface area (Å²) in [5.41, 5.74) is 2.27. The van der Waals surface area contributed by atoms with Gasteiger partial charge in [-0.2, -0.15) is 0 Å². The molecule has 0 bridgehead atoms. The van der Waals surface area contributed by atoms with E-state index in [1.165, 1.54) is 12.0 Å². The van der Waals surface area contributed by atoms with E-state index < -0.39 is 0 Å². The van der Waals surface area contributed by atoms with Crippen LogP contribution in [0, 0.1) is 0 Å². The number of rotatable bonds is 5. The molecule has 0 aliphatic heterocycles. The van der Waals surface area contributed by atoms with Crippen molar-refractivity contribution >= 4 is 22.0 Å². The van der Waals surface area contributed by atoms with E-state index in [2.05, 4.69) is 44.4 Å². The number of hydrogen-bond acceptors (Lipinski definition) is 2. The Balaban J connectivity index is 1.60. The Bertz CT molecular complexity index is 701. The highest BCUT2D eigenvalue weighted by Crippen LogP contribution is 2.43. The van der Waals surface area contributed by atoms with Crippen LogP contribution in [0.4, 0.5) is 4.79 Å². The normalized spacial score (nSPS) is 15.4. The predicted molar refractivity (Wildman–Crippen MR) is 98.8 cm³/mol. The fourth-order valence-electron chi connectivity index (χ4n) is 3.18. The van der Waals surface area contributed by atoms with E-state index in [4.69, 9.17) is 0 Å². The van der Waals surface area contributed by atoms with Crippen LogP contribution < -0.4 is 5.32 Å². The third-order valence-corrected chi connectivity index (χ3v) is 5.29. The highest BCUT2D eigenvalue weighted by molar-refractivity contribution is 9.10. The Morgan fingerprint density at radius 2 is 2.12 bits per heavy atom. The molecule has 1 N–H and O–H groups in total. The maximum Gasteiger partial charge on any atom is 0.317 e. The summed E-state index contributed by atoms with van der Waals surface area (Å²) in [6, 6.07) is 14.1. The Morgan fingerprint density at radius 3 is 2.75 bits per heavy atom. The molecule has 24 heavy (non-hydrogen) atoms. The minimum absolute atomic E-state index is 0.0538. The standard InChI is InChI=1S/C19H22BrN3O/c1-23(13-17-8-2-3-11-21-17)18(24)22-14-19(9-5-10-19)15-6-4-7-16(20)12-15/h2-4,6-8,11-12H,5,9-10,13-14H2,1H3,(H,22,24). The summed E-state index contributed by atoms with van der Waals surface area (Å²) < 4.78 is 1.09. The van der Waals surface area contributed by atoms with Crippen molar-refractivity contribution in [2.24, 2.45) is 0 Å². The van der Waals surface area contributed by atoms with Gasteiger partial charge in [0.15, 0.2) is 0 Å². The highest BCUT2D eigenvalue weighted by Gasteiger charge is 2.39. The zero-order chi connectivity index (χ0) is 17.0. The molecule has 0 spiro atoms. The number of benzene rings is 1. The summed E-state index contributed by atoms with van der Waals surface area (Å²) in [5, 5.41) is 3.11. The van der Waals surface area contributed by atoms with Crippen LogP contribution in [0.25, 0.3) is 0 Å². The molecule has 0 radical (unpaired) electrons. The molecule has 1 aromatic heterocycles. The third-order valence-electron chi connectivity index (χ3n) is 4.80. The first-order valence-corrected chi connectivity index (χ1v) is 9.03. The first kappa shape index (κ1) is 17.0. The van der Waals surface area contributed by atoms with E-state index in [1.807, 2.05) is 24.3 Å². The maximum absolute atomic E-state index is 12.4. The van der Waals surface area contributed by atoms with Gasteiger partial charge < -0.3 is 10.2 Å². The van der Waals surface area contributed by atoms with Gasteiger partial charge in [-0.15, -0.1) is 0 Å². The van der Waals surface area contributed by atoms with Crippen LogP contribution in [-0.4, -0.2) is 29.5 Å². The SMILES string of the molecule is CN(Cc1ccccn1)C(=O)NCC1(c2cccc(Br)c2)CCC1. The largest absolute Gasteiger partial charge is 0.337 e. The molecular formula is C19H22BrN3O. The number of aromatic nitrogens is 1. The Kier molecular flexibility index (Phi) is 5.19. The lowest BCUT2D eigenvalue weighted by Crippen LogP contribution is -2.48. The van der Waals surface area contributed by atoms with Crippen LogP contribution in [0.2, 0.25) is 0 Å². The molecule has 2 aromatic rings. The summed E-state index contributed by atoms with van der Waals surface area (Å²) in [4.78, 5) is 18.4. The second-order valence-corrected chi connectivity index (χ2v) is 7.40. The van der Waals surface area contributed by atoms with Gasteiger partial charge in [0, 0.05) is 29.7 Å². The van der Waals surface area contributed by atoms with Crippen molar-refractivity contribution in [2.75, 3.05) is 13.6 Å². The van der Waals surface area contributed by atoms with Crippen LogP contribution in [0.5, 0.6) is 0 Å². The van der Waals surface area contributed by atoms with Crippen LogP contribution >= 0.6 is 15.9 Å². The number of amides is 2. The van der Waals surface area contributed by atoms with Crippen molar-refractivity contribution in [3.8, 4) is 0 Å². The number of urea groups is 1. The monoisotopic (exact) mass is 387 g/mol. The van der Waals surface area contributed by atoms with Crippen LogP contribution in [0.3, 0.4) is 0 Å². The molecule has 5 heteroatoms. The first-order valence-electron chi connectivity index (χ1n) is 8.24. The molecule has 0 atom stereocenters. The van der Waals surface area contributed by atoms with Crippen LogP contribution in [0.15, 0.2) is 53.1 Å². The van der Waals surface area contributed by atoms with Gasteiger partial charge in [0.1, 0.15) is 0 Å². The van der Waals surface area contributed by atoms with E-state index in [9.17, 15) is 4.79 Å². The average molecular weight is 388 g/mol. The molecule has 4 nitrogen and oxygen atoms in total. The van der Waals surface area contributed by atoms with E-state index in [0.717, 1.165) is 23.0 Å². The first-order chi connectivity index (χ1) is 11.6. The molecular weight excluding hydrogens is 366 g/mol. The van der Waals surface area contributed by atoms with Crippen molar-refractivity contribution in [2.45, 2.75) is 31.2 Å². The van der Waals surface area contributed by atoms with Gasteiger partial charge in [0.25, 0.3) is 0 Å². The van der Waals surface area contributed by atoms with Gasteiger partial charge in [-0.1, -0.05) is 40.5 Å². The zero-order valence-corrected chi connectivity index (χ0v) is 15.4. The fraction of sp³-hybridized carbons (Fsp3) is 0.368. The summed E-state index contributed by atoms with van der Waals surface area (Å²) in [5.74, 6) is 0. The summed E-state index contributed by atoms with van der Waals surface area (Å²) in [7, 11) is 1.80. The predicted octanol–water partition coefficient (Wildman–Crippen LogP) is 4.11. The molecule has 1 saturated carbocycles. The van der Waals surface area contributed by atoms with Gasteiger partial charge in [0.2, 0.25) is 0 Å². The molecule has 126 valence electrons. The molecule has 2 amide bonds. The molecule has 1 aliphatic rings. The number of nitrogens with zero attached hydrogens (tertiary/aromatic N) is 2. The molecule has 0 unspecified atom stereocenters. The Labute approximate surface area is 151 Å². The number of carbonyl (C=O) groups excluding carboxylic acids is 1. The number of hydrogen-bond donors (Lipinski definition) is 1. The lowest BCUT2D eigenvalue weighted by Gasteiger charge is -2.43. The lowest BCUT2D eigenvalue weighted by molar-refractivity contribution is 0.189. The second kappa shape index (κ2) is 7.34. The minimum Gasteiger partial charge on any atom is -0.337 e. The molecule has 3 rings (SSSR count). The highest BCUT2D eigenvalue weighted by atomic mass is 79.9. The molecule has 1 aromatic carbocycles. The van der Waals surface area contributed by atoms with Crippen molar-refractivity contribution in [3.63, 3.8) is 0 Å². The summed E-state index contributed by atoms with van der Waals surface area (Å²) in [6.07, 6.45) is 5.20. The van der Waals surface area contributed by atoms with Gasteiger partial charge in [-0.3, -0.25) is 4.98 Å². The molecule has 1 heterocycles. The summed E-state index contributed by atoms with van der Waals surface area (Å²) in [6.45, 7) is 1.19. The second-order valence-electron chi connectivity index (χ2n) is 6.48.